The topological polar surface area (TPSA) is 40.5 Å². The van der Waals surface area contributed by atoms with Crippen LogP contribution in [0.5, 0.6) is 0 Å². The molecule has 0 aromatic rings. The molecular weight excluding hydrogens is 148 g/mol. The molecule has 3 heteroatoms. The molecule has 10 heavy (non-hydrogen) atoms. The molecule has 0 aromatic heterocycles. The molecule has 2 atom stereocenters. The van der Waals surface area contributed by atoms with Gasteiger partial charge in [-0.3, -0.25) is 0 Å². The third kappa shape index (κ3) is 2.01. The van der Waals surface area contributed by atoms with Crippen LogP contribution in [0.15, 0.2) is 12.2 Å². The van der Waals surface area contributed by atoms with Gasteiger partial charge in [-0.15, -0.1) is 0 Å². The van der Waals surface area contributed by atoms with Gasteiger partial charge in [0.05, 0.1) is 12.7 Å². The van der Waals surface area contributed by atoms with Gasteiger partial charge in [-0.05, 0) is 0 Å². The van der Waals surface area contributed by atoms with E-state index < -0.39 is 6.10 Å². The van der Waals surface area contributed by atoms with Gasteiger partial charge in [0.15, 0.2) is 0 Å². The molecule has 0 aromatic carbocycles. The molecule has 0 unspecified atom stereocenters. The normalized spacial score (nSPS) is 28.4. The van der Waals surface area contributed by atoms with Crippen LogP contribution in [0, 0.1) is 5.92 Å². The summed E-state index contributed by atoms with van der Waals surface area (Å²) in [5.74, 6) is 2.12. The second kappa shape index (κ2) is 4.01. The Bertz CT molecular complexity index is 125. The SMILES string of the molecule is OC[C@@H](O)[C@@H]1C=CCSC1. The van der Waals surface area contributed by atoms with Gasteiger partial charge in [-0.2, -0.15) is 11.8 Å². The third-order valence-electron chi connectivity index (χ3n) is 1.59. The number of aliphatic hydroxyl groups excluding tert-OH is 2. The first-order chi connectivity index (χ1) is 4.84. The third-order valence-corrected chi connectivity index (χ3v) is 2.64. The van der Waals surface area contributed by atoms with Gasteiger partial charge < -0.3 is 10.2 Å². The fourth-order valence-electron chi connectivity index (χ4n) is 0.933. The first kappa shape index (κ1) is 8.11. The minimum Gasteiger partial charge on any atom is -0.394 e. The van der Waals surface area contributed by atoms with E-state index in [1.807, 2.05) is 12.2 Å². The van der Waals surface area contributed by atoms with E-state index in [1.54, 1.807) is 11.8 Å². The van der Waals surface area contributed by atoms with Crippen LogP contribution in [-0.2, 0) is 0 Å². The van der Waals surface area contributed by atoms with Gasteiger partial charge in [0, 0.05) is 17.4 Å². The molecular formula is C7H12O2S. The summed E-state index contributed by atoms with van der Waals surface area (Å²) in [5.41, 5.74) is 0. The van der Waals surface area contributed by atoms with Crippen LogP contribution < -0.4 is 0 Å². The largest absolute Gasteiger partial charge is 0.394 e. The lowest BCUT2D eigenvalue weighted by molar-refractivity contribution is 0.0696. The average molecular weight is 160 g/mol. The van der Waals surface area contributed by atoms with Crippen LogP contribution >= 0.6 is 11.8 Å². The molecule has 0 amide bonds. The van der Waals surface area contributed by atoms with Gasteiger partial charge in [0.25, 0.3) is 0 Å². The maximum atomic E-state index is 9.17. The van der Waals surface area contributed by atoms with E-state index in [-0.39, 0.29) is 12.5 Å². The van der Waals surface area contributed by atoms with E-state index in [9.17, 15) is 0 Å². The fourth-order valence-corrected chi connectivity index (χ4v) is 1.92. The summed E-state index contributed by atoms with van der Waals surface area (Å²) in [5, 5.41) is 17.8. The Balaban J connectivity index is 2.38. The lowest BCUT2D eigenvalue weighted by atomic mass is 10.1. The first-order valence-corrected chi connectivity index (χ1v) is 4.53. The van der Waals surface area contributed by atoms with E-state index in [1.165, 1.54) is 0 Å². The predicted molar refractivity (Wildman–Crippen MR) is 43.0 cm³/mol. The average Bonchev–Trinajstić information content (AvgIpc) is 2.05. The molecule has 0 bridgehead atoms. The molecule has 1 aliphatic rings. The number of rotatable bonds is 2. The highest BCUT2D eigenvalue weighted by Gasteiger charge is 2.16. The second-order valence-electron chi connectivity index (χ2n) is 2.38. The number of hydrogen-bond acceptors (Lipinski definition) is 3. The monoisotopic (exact) mass is 160 g/mol. The molecule has 0 aliphatic carbocycles. The number of aliphatic hydroxyl groups is 2. The van der Waals surface area contributed by atoms with Crippen LogP contribution in [-0.4, -0.2) is 34.4 Å². The quantitative estimate of drug-likeness (QED) is 0.569. The summed E-state index contributed by atoms with van der Waals surface area (Å²) in [6, 6.07) is 0. The summed E-state index contributed by atoms with van der Waals surface area (Å²) in [6.07, 6.45) is 3.46. The molecule has 0 saturated heterocycles. The van der Waals surface area contributed by atoms with E-state index in [2.05, 4.69) is 0 Å². The molecule has 0 spiro atoms. The van der Waals surface area contributed by atoms with Crippen LogP contribution in [0.2, 0.25) is 0 Å². The van der Waals surface area contributed by atoms with E-state index in [4.69, 9.17) is 10.2 Å². The van der Waals surface area contributed by atoms with E-state index >= 15 is 0 Å². The van der Waals surface area contributed by atoms with Gasteiger partial charge in [0.2, 0.25) is 0 Å². The Morgan fingerprint density at radius 1 is 1.70 bits per heavy atom. The Morgan fingerprint density at radius 3 is 3.00 bits per heavy atom. The second-order valence-corrected chi connectivity index (χ2v) is 3.45. The van der Waals surface area contributed by atoms with Crippen molar-refractivity contribution in [3.05, 3.63) is 12.2 Å². The molecule has 58 valence electrons. The van der Waals surface area contributed by atoms with Crippen molar-refractivity contribution in [3.8, 4) is 0 Å². The van der Waals surface area contributed by atoms with Crippen LogP contribution in [0.4, 0.5) is 0 Å². The zero-order chi connectivity index (χ0) is 7.40. The summed E-state index contributed by atoms with van der Waals surface area (Å²) in [6.45, 7) is -0.129. The summed E-state index contributed by atoms with van der Waals surface area (Å²) in [4.78, 5) is 0. The Morgan fingerprint density at radius 2 is 2.50 bits per heavy atom. The molecule has 0 saturated carbocycles. The molecule has 1 aliphatic heterocycles. The highest BCUT2D eigenvalue weighted by molar-refractivity contribution is 7.99. The summed E-state index contributed by atoms with van der Waals surface area (Å²) >= 11 is 1.79. The van der Waals surface area contributed by atoms with Crippen molar-refractivity contribution in [2.75, 3.05) is 18.1 Å². The van der Waals surface area contributed by atoms with Gasteiger partial charge >= 0.3 is 0 Å². The van der Waals surface area contributed by atoms with Gasteiger partial charge in [-0.1, -0.05) is 12.2 Å². The minimum absolute atomic E-state index is 0.129. The molecule has 1 rings (SSSR count). The van der Waals surface area contributed by atoms with Crippen molar-refractivity contribution in [3.63, 3.8) is 0 Å². The predicted octanol–water partition coefficient (Wildman–Crippen LogP) is 0.259. The Kier molecular flexibility index (Phi) is 3.25. The van der Waals surface area contributed by atoms with Crippen LogP contribution in [0.1, 0.15) is 0 Å². The van der Waals surface area contributed by atoms with Crippen LogP contribution in [0.25, 0.3) is 0 Å². The molecule has 2 N–H and O–H groups in total. The Hall–Kier alpha value is 0.01000. The lowest BCUT2D eigenvalue weighted by Crippen LogP contribution is -2.25. The number of thioether (sulfide) groups is 1. The Labute approximate surface area is 64.9 Å². The lowest BCUT2D eigenvalue weighted by Gasteiger charge is -2.19. The zero-order valence-corrected chi connectivity index (χ0v) is 6.55. The van der Waals surface area contributed by atoms with Crippen molar-refractivity contribution < 1.29 is 10.2 Å². The van der Waals surface area contributed by atoms with Crippen molar-refractivity contribution >= 4 is 11.8 Å². The first-order valence-electron chi connectivity index (χ1n) is 3.38. The molecule has 0 fully saturated rings. The molecule has 1 heterocycles. The summed E-state index contributed by atoms with van der Waals surface area (Å²) in [7, 11) is 0. The van der Waals surface area contributed by atoms with Crippen molar-refractivity contribution in [1.82, 2.24) is 0 Å². The molecule has 0 radical (unpaired) electrons. The highest BCUT2D eigenvalue weighted by atomic mass is 32.2. The van der Waals surface area contributed by atoms with E-state index in [0.717, 1.165) is 11.5 Å². The zero-order valence-electron chi connectivity index (χ0n) is 5.73. The van der Waals surface area contributed by atoms with Crippen molar-refractivity contribution in [2.45, 2.75) is 6.10 Å². The van der Waals surface area contributed by atoms with Crippen molar-refractivity contribution in [1.29, 1.82) is 0 Å². The van der Waals surface area contributed by atoms with Crippen molar-refractivity contribution in [2.24, 2.45) is 5.92 Å². The van der Waals surface area contributed by atoms with Gasteiger partial charge in [0.1, 0.15) is 0 Å². The molecule has 2 nitrogen and oxygen atoms in total. The van der Waals surface area contributed by atoms with Gasteiger partial charge in [-0.25, -0.2) is 0 Å². The maximum Gasteiger partial charge on any atom is 0.0841 e. The minimum atomic E-state index is -0.566. The van der Waals surface area contributed by atoms with Crippen LogP contribution in [0.3, 0.4) is 0 Å². The standard InChI is InChI=1S/C7H12O2S/c8-4-7(9)6-2-1-3-10-5-6/h1-2,6-9H,3-5H2/t6-,7-/m1/s1. The van der Waals surface area contributed by atoms with E-state index in [0.29, 0.717) is 0 Å². The highest BCUT2D eigenvalue weighted by Crippen LogP contribution is 2.18. The summed E-state index contributed by atoms with van der Waals surface area (Å²) < 4.78 is 0. The maximum absolute atomic E-state index is 9.17. The smallest absolute Gasteiger partial charge is 0.0841 e. The fraction of sp³-hybridized carbons (Fsp3) is 0.714. The number of hydrogen-bond donors (Lipinski definition) is 2.